The zero-order chi connectivity index (χ0) is 21.3. The Bertz CT molecular complexity index is 840. The highest BCUT2D eigenvalue weighted by molar-refractivity contribution is 5.95. The number of carbonyl (C=O) groups is 2. The van der Waals surface area contributed by atoms with Gasteiger partial charge in [-0.15, -0.1) is 0 Å². The first-order chi connectivity index (χ1) is 14.5. The van der Waals surface area contributed by atoms with Crippen molar-refractivity contribution in [1.29, 1.82) is 0 Å². The number of amides is 1. The molecule has 0 atom stereocenters. The molecule has 1 saturated carbocycles. The number of aromatic nitrogens is 1. The molecule has 3 rings (SSSR count). The number of aliphatic carboxylic acids is 1. The molecule has 1 amide bonds. The van der Waals surface area contributed by atoms with Gasteiger partial charge in [-0.2, -0.15) is 0 Å². The van der Waals surface area contributed by atoms with Crippen LogP contribution in [0.4, 0.5) is 20.6 Å². The number of hydrogen-bond donors (Lipinski definition) is 1. The number of pyridine rings is 1. The van der Waals surface area contributed by atoms with Crippen molar-refractivity contribution in [1.82, 2.24) is 4.98 Å². The smallest absolute Gasteiger partial charge is 0.419 e. The minimum absolute atomic E-state index is 0.230. The van der Waals surface area contributed by atoms with Crippen molar-refractivity contribution in [2.75, 3.05) is 24.7 Å². The van der Waals surface area contributed by atoms with Crippen molar-refractivity contribution in [3.05, 3.63) is 54.6 Å². The number of halogens is 1. The Morgan fingerprint density at radius 2 is 1.77 bits per heavy atom. The van der Waals surface area contributed by atoms with Crippen molar-refractivity contribution >= 4 is 23.4 Å². The number of ether oxygens (including phenoxy) is 2. The molecule has 0 aliphatic heterocycles. The molecule has 30 heavy (non-hydrogen) atoms. The minimum Gasteiger partial charge on any atom is -0.480 e. The highest BCUT2D eigenvalue weighted by Crippen LogP contribution is 2.30. The van der Waals surface area contributed by atoms with Gasteiger partial charge in [0.1, 0.15) is 12.4 Å². The maximum atomic E-state index is 13.7. The number of nitrogens with zero attached hydrogens (tertiary/aromatic N) is 2. The standard InChI is InChI=1S/C22H25FN2O5/c23-18-3-1-4-19(11-18)25(20-5-2-10-24-12-20)22(28)30-14-17-8-6-16(7-9-17)13-29-15-21(26)27/h1-5,10-12,16-17H,6-9,13-15H2,(H,26,27)/t16-,17-. The maximum absolute atomic E-state index is 13.7. The van der Waals surface area contributed by atoms with Crippen LogP contribution in [-0.4, -0.2) is 42.0 Å². The van der Waals surface area contributed by atoms with Crippen molar-refractivity contribution < 1.29 is 28.6 Å². The largest absolute Gasteiger partial charge is 0.480 e. The number of anilines is 2. The van der Waals surface area contributed by atoms with E-state index in [9.17, 15) is 14.0 Å². The van der Waals surface area contributed by atoms with Crippen LogP contribution >= 0.6 is 0 Å². The van der Waals surface area contributed by atoms with Gasteiger partial charge in [0, 0.05) is 6.20 Å². The van der Waals surface area contributed by atoms with Crippen LogP contribution in [-0.2, 0) is 14.3 Å². The maximum Gasteiger partial charge on any atom is 0.419 e. The normalized spacial score (nSPS) is 18.6. The van der Waals surface area contributed by atoms with Crippen LogP contribution in [0.15, 0.2) is 48.8 Å². The quantitative estimate of drug-likeness (QED) is 0.686. The highest BCUT2D eigenvalue weighted by atomic mass is 19.1. The number of rotatable bonds is 8. The fraction of sp³-hybridized carbons (Fsp3) is 0.409. The van der Waals surface area contributed by atoms with E-state index in [-0.39, 0.29) is 19.1 Å². The lowest BCUT2D eigenvalue weighted by molar-refractivity contribution is -0.142. The first-order valence-corrected chi connectivity index (χ1v) is 9.95. The highest BCUT2D eigenvalue weighted by Gasteiger charge is 2.25. The summed E-state index contributed by atoms with van der Waals surface area (Å²) in [6.45, 7) is 0.433. The summed E-state index contributed by atoms with van der Waals surface area (Å²) in [7, 11) is 0. The lowest BCUT2D eigenvalue weighted by atomic mass is 9.83. The van der Waals surface area contributed by atoms with Crippen LogP contribution in [0.2, 0.25) is 0 Å². The van der Waals surface area contributed by atoms with E-state index in [1.807, 2.05) is 0 Å². The van der Waals surface area contributed by atoms with E-state index < -0.39 is 17.9 Å². The lowest BCUT2D eigenvalue weighted by Crippen LogP contribution is -2.30. The minimum atomic E-state index is -0.966. The van der Waals surface area contributed by atoms with Gasteiger partial charge >= 0.3 is 12.1 Å². The summed E-state index contributed by atoms with van der Waals surface area (Å²) in [5, 5.41) is 8.63. The lowest BCUT2D eigenvalue weighted by Gasteiger charge is -2.29. The topological polar surface area (TPSA) is 89.0 Å². The summed E-state index contributed by atoms with van der Waals surface area (Å²) >= 11 is 0. The second-order valence-electron chi connectivity index (χ2n) is 7.40. The molecule has 0 radical (unpaired) electrons. The Balaban J connectivity index is 1.55. The van der Waals surface area contributed by atoms with Crippen LogP contribution in [0.25, 0.3) is 0 Å². The third kappa shape index (κ3) is 6.25. The van der Waals surface area contributed by atoms with Gasteiger partial charge in [0.25, 0.3) is 0 Å². The zero-order valence-electron chi connectivity index (χ0n) is 16.6. The number of hydrogen-bond acceptors (Lipinski definition) is 5. The Kier molecular flexibility index (Phi) is 7.73. The van der Waals surface area contributed by atoms with E-state index >= 15 is 0 Å². The second-order valence-corrected chi connectivity index (χ2v) is 7.40. The van der Waals surface area contributed by atoms with Crippen molar-refractivity contribution in [3.63, 3.8) is 0 Å². The molecule has 0 saturated heterocycles. The summed E-state index contributed by atoms with van der Waals surface area (Å²) in [5.41, 5.74) is 0.861. The van der Waals surface area contributed by atoms with E-state index in [0.717, 1.165) is 25.7 Å². The van der Waals surface area contributed by atoms with Crippen LogP contribution < -0.4 is 4.90 Å². The van der Waals surface area contributed by atoms with Crippen LogP contribution in [0.3, 0.4) is 0 Å². The fourth-order valence-corrected chi connectivity index (χ4v) is 3.59. The van der Waals surface area contributed by atoms with E-state index in [1.54, 1.807) is 24.4 Å². The molecule has 0 spiro atoms. The van der Waals surface area contributed by atoms with Crippen molar-refractivity contribution in [3.8, 4) is 0 Å². The molecule has 160 valence electrons. The van der Waals surface area contributed by atoms with Gasteiger partial charge in [-0.3, -0.25) is 4.98 Å². The van der Waals surface area contributed by atoms with Crippen LogP contribution in [0.5, 0.6) is 0 Å². The van der Waals surface area contributed by atoms with Gasteiger partial charge < -0.3 is 14.6 Å². The number of carboxylic acid groups (broad SMARTS) is 1. The fourth-order valence-electron chi connectivity index (χ4n) is 3.59. The molecule has 0 unspecified atom stereocenters. The summed E-state index contributed by atoms with van der Waals surface area (Å²) in [6, 6.07) is 9.17. The predicted octanol–water partition coefficient (Wildman–Crippen LogP) is 4.40. The number of benzene rings is 1. The first-order valence-electron chi connectivity index (χ1n) is 9.95. The zero-order valence-corrected chi connectivity index (χ0v) is 16.6. The van der Waals surface area contributed by atoms with Crippen molar-refractivity contribution in [2.24, 2.45) is 11.8 Å². The molecule has 0 bridgehead atoms. The molecule has 1 heterocycles. The Labute approximate surface area is 174 Å². The third-order valence-corrected chi connectivity index (χ3v) is 5.14. The second kappa shape index (κ2) is 10.7. The van der Waals surface area contributed by atoms with Crippen LogP contribution in [0, 0.1) is 17.7 Å². The predicted molar refractivity (Wildman–Crippen MR) is 108 cm³/mol. The molecule has 1 N–H and O–H groups in total. The molecule has 1 aliphatic carbocycles. The van der Waals surface area contributed by atoms with Gasteiger partial charge in [0.05, 0.1) is 30.8 Å². The first kappa shape index (κ1) is 21.7. The van der Waals surface area contributed by atoms with Crippen LogP contribution in [0.1, 0.15) is 25.7 Å². The van der Waals surface area contributed by atoms with E-state index in [4.69, 9.17) is 14.6 Å². The molecule has 1 fully saturated rings. The van der Waals surface area contributed by atoms with Gasteiger partial charge in [0.2, 0.25) is 0 Å². The molecule has 1 aromatic carbocycles. The Morgan fingerprint density at radius 1 is 1.07 bits per heavy atom. The molecular weight excluding hydrogens is 391 g/mol. The number of carboxylic acids is 1. The average Bonchev–Trinajstić information content (AvgIpc) is 2.74. The van der Waals surface area contributed by atoms with Crippen molar-refractivity contribution in [2.45, 2.75) is 25.7 Å². The van der Waals surface area contributed by atoms with E-state index in [0.29, 0.717) is 23.9 Å². The van der Waals surface area contributed by atoms with E-state index in [1.165, 1.54) is 29.3 Å². The summed E-state index contributed by atoms with van der Waals surface area (Å²) in [4.78, 5) is 28.7. The molecule has 8 heteroatoms. The molecule has 1 aromatic heterocycles. The monoisotopic (exact) mass is 416 g/mol. The molecular formula is C22H25FN2O5. The molecule has 2 aromatic rings. The Morgan fingerprint density at radius 3 is 2.40 bits per heavy atom. The number of carbonyl (C=O) groups excluding carboxylic acids is 1. The van der Waals surface area contributed by atoms with E-state index in [2.05, 4.69) is 4.98 Å². The molecule has 1 aliphatic rings. The van der Waals surface area contributed by atoms with Gasteiger partial charge in [-0.25, -0.2) is 18.9 Å². The SMILES string of the molecule is O=C(O)COC[C@H]1CC[C@H](COC(=O)N(c2cccnc2)c2cccc(F)c2)CC1. The summed E-state index contributed by atoms with van der Waals surface area (Å²) < 4.78 is 24.5. The van der Waals surface area contributed by atoms with Gasteiger partial charge in [0.15, 0.2) is 0 Å². The van der Waals surface area contributed by atoms with Gasteiger partial charge in [-0.05, 0) is 67.9 Å². The van der Waals surface area contributed by atoms with Gasteiger partial charge in [-0.1, -0.05) is 6.07 Å². The average molecular weight is 416 g/mol. The molecule has 7 nitrogen and oxygen atoms in total. The summed E-state index contributed by atoms with van der Waals surface area (Å²) in [5.74, 6) is -0.854. The Hall–Kier alpha value is -3.00. The third-order valence-electron chi connectivity index (χ3n) is 5.14. The summed E-state index contributed by atoms with van der Waals surface area (Å²) in [6.07, 6.45) is 6.09.